The van der Waals surface area contributed by atoms with Crippen LogP contribution in [-0.2, 0) is 11.8 Å². The number of nitrogens with two attached hydrogens (primary N) is 1. The van der Waals surface area contributed by atoms with Crippen molar-refractivity contribution in [1.82, 2.24) is 19.7 Å². The van der Waals surface area contributed by atoms with Crippen LogP contribution in [0.25, 0.3) is 11.0 Å². The Balaban J connectivity index is 1.63. The Bertz CT molecular complexity index is 590. The molecule has 0 saturated carbocycles. The third-order valence-electron chi connectivity index (χ3n) is 3.71. The number of hydrogen-bond acceptors (Lipinski definition) is 6. The van der Waals surface area contributed by atoms with Crippen molar-refractivity contribution in [2.45, 2.75) is 19.3 Å². The minimum atomic E-state index is 0.464. The minimum absolute atomic E-state index is 0.464. The second kappa shape index (κ2) is 5.62. The summed E-state index contributed by atoms with van der Waals surface area (Å²) in [5.41, 5.74) is 6.67. The molecular weight excluding hydrogens is 256 g/mol. The average molecular weight is 276 g/mol. The van der Waals surface area contributed by atoms with Crippen molar-refractivity contribution < 1.29 is 4.74 Å². The first-order valence-electron chi connectivity index (χ1n) is 7.01. The number of nitrogens with zero attached hydrogens (tertiary/aromatic N) is 4. The van der Waals surface area contributed by atoms with E-state index in [4.69, 9.17) is 10.5 Å². The highest BCUT2D eigenvalue weighted by atomic mass is 16.5. The van der Waals surface area contributed by atoms with E-state index in [-0.39, 0.29) is 0 Å². The van der Waals surface area contributed by atoms with Gasteiger partial charge in [0.2, 0.25) is 5.95 Å². The van der Waals surface area contributed by atoms with Crippen LogP contribution < -0.4 is 11.1 Å². The first-order chi connectivity index (χ1) is 9.74. The molecule has 0 spiro atoms. The Kier molecular flexibility index (Phi) is 3.68. The number of aromatic nitrogens is 4. The van der Waals surface area contributed by atoms with E-state index in [1.54, 1.807) is 10.9 Å². The van der Waals surface area contributed by atoms with Gasteiger partial charge >= 0.3 is 0 Å². The summed E-state index contributed by atoms with van der Waals surface area (Å²) in [6, 6.07) is 0. The van der Waals surface area contributed by atoms with Crippen molar-refractivity contribution in [3.8, 4) is 0 Å². The van der Waals surface area contributed by atoms with Crippen molar-refractivity contribution >= 4 is 22.8 Å². The lowest BCUT2D eigenvalue weighted by Crippen LogP contribution is -2.20. The highest BCUT2D eigenvalue weighted by molar-refractivity contribution is 5.86. The molecule has 0 unspecified atom stereocenters. The fourth-order valence-corrected chi connectivity index (χ4v) is 2.55. The fraction of sp³-hybridized carbons (Fsp3) is 0.615. The first kappa shape index (κ1) is 13.1. The van der Waals surface area contributed by atoms with Gasteiger partial charge in [-0.1, -0.05) is 0 Å². The highest BCUT2D eigenvalue weighted by Crippen LogP contribution is 2.19. The second-order valence-corrected chi connectivity index (χ2v) is 5.24. The molecule has 7 heteroatoms. The van der Waals surface area contributed by atoms with Crippen LogP contribution in [0.5, 0.6) is 0 Å². The van der Waals surface area contributed by atoms with E-state index in [9.17, 15) is 0 Å². The van der Waals surface area contributed by atoms with E-state index in [1.807, 2.05) is 7.05 Å². The Morgan fingerprint density at radius 2 is 2.40 bits per heavy atom. The van der Waals surface area contributed by atoms with E-state index >= 15 is 0 Å². The van der Waals surface area contributed by atoms with E-state index in [0.717, 1.165) is 43.6 Å². The van der Waals surface area contributed by atoms with Crippen molar-refractivity contribution in [1.29, 1.82) is 0 Å². The summed E-state index contributed by atoms with van der Waals surface area (Å²) in [4.78, 5) is 8.71. The zero-order valence-electron chi connectivity index (χ0n) is 11.7. The first-order valence-corrected chi connectivity index (χ1v) is 7.01. The molecule has 7 nitrogen and oxygen atoms in total. The molecule has 1 aliphatic heterocycles. The zero-order chi connectivity index (χ0) is 13.9. The maximum absolute atomic E-state index is 5.92. The van der Waals surface area contributed by atoms with Gasteiger partial charge < -0.3 is 15.8 Å². The quantitative estimate of drug-likeness (QED) is 0.871. The van der Waals surface area contributed by atoms with Crippen molar-refractivity contribution in [3.05, 3.63) is 6.20 Å². The van der Waals surface area contributed by atoms with Crippen LogP contribution in [0, 0.1) is 5.92 Å². The lowest BCUT2D eigenvalue weighted by Gasteiger charge is -2.21. The SMILES string of the molecule is Cn1ncc2c(N)nc(NCC[C@@H]3CCCOC3)nc21. The standard InChI is InChI=1S/C13H20N6O/c1-19-12-10(7-16-19)11(14)17-13(18-12)15-5-4-9-3-2-6-20-8-9/h7,9H,2-6,8H2,1H3,(H3,14,15,17,18)/t9-/m0/s1. The molecule has 3 heterocycles. The molecule has 2 aromatic heterocycles. The Labute approximate surface area is 117 Å². The number of nitrogen functional groups attached to an aromatic ring is 1. The molecule has 1 fully saturated rings. The zero-order valence-corrected chi connectivity index (χ0v) is 11.7. The molecule has 1 aliphatic rings. The Morgan fingerprint density at radius 1 is 1.50 bits per heavy atom. The summed E-state index contributed by atoms with van der Waals surface area (Å²) in [5, 5.41) is 8.17. The second-order valence-electron chi connectivity index (χ2n) is 5.24. The molecule has 108 valence electrons. The largest absolute Gasteiger partial charge is 0.383 e. The van der Waals surface area contributed by atoms with Gasteiger partial charge in [-0.05, 0) is 25.2 Å². The molecule has 2 aromatic rings. The smallest absolute Gasteiger partial charge is 0.226 e. The van der Waals surface area contributed by atoms with Gasteiger partial charge in [0.25, 0.3) is 0 Å². The monoisotopic (exact) mass is 276 g/mol. The van der Waals surface area contributed by atoms with Crippen LogP contribution in [0.3, 0.4) is 0 Å². The van der Waals surface area contributed by atoms with Gasteiger partial charge in [-0.25, -0.2) is 0 Å². The van der Waals surface area contributed by atoms with Crippen LogP contribution in [0.15, 0.2) is 6.20 Å². The Morgan fingerprint density at radius 3 is 3.20 bits per heavy atom. The molecule has 0 aromatic carbocycles. The number of rotatable bonds is 4. The highest BCUT2D eigenvalue weighted by Gasteiger charge is 2.14. The van der Waals surface area contributed by atoms with Gasteiger partial charge in [0.15, 0.2) is 5.65 Å². The number of nitrogens with one attached hydrogen (secondary N) is 1. The van der Waals surface area contributed by atoms with Gasteiger partial charge in [-0.3, -0.25) is 4.68 Å². The van der Waals surface area contributed by atoms with Gasteiger partial charge in [-0.2, -0.15) is 15.1 Å². The van der Waals surface area contributed by atoms with Gasteiger partial charge in [-0.15, -0.1) is 0 Å². The van der Waals surface area contributed by atoms with Crippen LogP contribution >= 0.6 is 0 Å². The summed E-state index contributed by atoms with van der Waals surface area (Å²) in [5.74, 6) is 1.66. The van der Waals surface area contributed by atoms with Crippen LogP contribution in [-0.4, -0.2) is 39.5 Å². The van der Waals surface area contributed by atoms with Crippen molar-refractivity contribution in [3.63, 3.8) is 0 Å². The predicted octanol–water partition coefficient (Wildman–Crippen LogP) is 1.17. The maximum Gasteiger partial charge on any atom is 0.226 e. The molecule has 0 bridgehead atoms. The summed E-state index contributed by atoms with van der Waals surface area (Å²) in [6.45, 7) is 2.60. The number of anilines is 2. The molecule has 3 rings (SSSR count). The van der Waals surface area contributed by atoms with Crippen LogP contribution in [0.1, 0.15) is 19.3 Å². The number of ether oxygens (including phenoxy) is 1. The van der Waals surface area contributed by atoms with Crippen molar-refractivity contribution in [2.24, 2.45) is 13.0 Å². The van der Waals surface area contributed by atoms with Gasteiger partial charge in [0, 0.05) is 26.8 Å². The van der Waals surface area contributed by atoms with E-state index in [1.165, 1.54) is 6.42 Å². The normalized spacial score (nSPS) is 19.4. The van der Waals surface area contributed by atoms with Gasteiger partial charge in [0.05, 0.1) is 11.6 Å². The van der Waals surface area contributed by atoms with Crippen LogP contribution in [0.4, 0.5) is 11.8 Å². The minimum Gasteiger partial charge on any atom is -0.383 e. The lowest BCUT2D eigenvalue weighted by molar-refractivity contribution is 0.0530. The number of aryl methyl sites for hydroxylation is 1. The third kappa shape index (κ3) is 2.67. The van der Waals surface area contributed by atoms with Gasteiger partial charge in [0.1, 0.15) is 5.82 Å². The molecule has 1 saturated heterocycles. The maximum atomic E-state index is 5.92. The van der Waals surface area contributed by atoms with E-state index in [2.05, 4.69) is 20.4 Å². The molecule has 0 radical (unpaired) electrons. The molecule has 0 amide bonds. The third-order valence-corrected chi connectivity index (χ3v) is 3.71. The number of fused-ring (bicyclic) bond motifs is 1. The summed E-state index contributed by atoms with van der Waals surface area (Å²) < 4.78 is 7.18. The topological polar surface area (TPSA) is 90.9 Å². The summed E-state index contributed by atoms with van der Waals surface area (Å²) in [7, 11) is 1.85. The Hall–Kier alpha value is -1.89. The number of hydrogen-bond donors (Lipinski definition) is 2. The molecule has 0 aliphatic carbocycles. The van der Waals surface area contributed by atoms with Crippen LogP contribution in [0.2, 0.25) is 0 Å². The van der Waals surface area contributed by atoms with E-state index < -0.39 is 0 Å². The van der Waals surface area contributed by atoms with Crippen molar-refractivity contribution in [2.75, 3.05) is 30.8 Å². The predicted molar refractivity (Wildman–Crippen MR) is 77.4 cm³/mol. The summed E-state index contributed by atoms with van der Waals surface area (Å²) >= 11 is 0. The molecule has 1 atom stereocenters. The molecule has 3 N–H and O–H groups in total. The summed E-state index contributed by atoms with van der Waals surface area (Å²) in [6.07, 6.45) is 5.15. The molecule has 20 heavy (non-hydrogen) atoms. The van der Waals surface area contributed by atoms with E-state index in [0.29, 0.717) is 17.7 Å². The average Bonchev–Trinajstić information content (AvgIpc) is 2.82. The lowest BCUT2D eigenvalue weighted by atomic mass is 9.99. The molecular formula is C13H20N6O. The fourth-order valence-electron chi connectivity index (χ4n) is 2.55.